The number of anilines is 1. The minimum absolute atomic E-state index is 0.00415. The van der Waals surface area contributed by atoms with Crippen LogP contribution in [0.25, 0.3) is 0 Å². The Kier molecular flexibility index (Phi) is 4.75. The summed E-state index contributed by atoms with van der Waals surface area (Å²) in [4.78, 5) is 38.9. The average Bonchev–Trinajstić information content (AvgIpc) is 2.76. The fourth-order valence-corrected chi connectivity index (χ4v) is 2.63. The molecule has 1 amide bonds. The Morgan fingerprint density at radius 3 is 2.55 bits per heavy atom. The second kappa shape index (κ2) is 6.39. The molecule has 7 heteroatoms. The lowest BCUT2D eigenvalue weighted by Crippen LogP contribution is -2.30. The minimum Gasteiger partial charge on any atom is -0.346 e. The lowest BCUT2D eigenvalue weighted by Gasteiger charge is -2.18. The number of ether oxygens (including phenoxy) is 1. The van der Waals surface area contributed by atoms with E-state index in [1.165, 1.54) is 17.7 Å². The molecule has 4 atom stereocenters. The summed E-state index contributed by atoms with van der Waals surface area (Å²) in [6.45, 7) is 7.08. The van der Waals surface area contributed by atoms with Gasteiger partial charge in [0, 0.05) is 18.5 Å². The number of hydrogen-bond acceptors (Lipinski definition) is 5. The zero-order valence-corrected chi connectivity index (χ0v) is 13.2. The van der Waals surface area contributed by atoms with Gasteiger partial charge in [0.2, 0.25) is 5.91 Å². The van der Waals surface area contributed by atoms with Crippen molar-refractivity contribution in [1.29, 1.82) is 0 Å². The largest absolute Gasteiger partial charge is 0.351 e. The van der Waals surface area contributed by atoms with Crippen LogP contribution in [0.3, 0.4) is 0 Å². The van der Waals surface area contributed by atoms with Crippen LogP contribution in [0.1, 0.15) is 40.3 Å². The predicted molar refractivity (Wildman–Crippen MR) is 80.3 cm³/mol. The summed E-state index contributed by atoms with van der Waals surface area (Å²) < 4.78 is 7.11. The van der Waals surface area contributed by atoms with Gasteiger partial charge in [-0.2, -0.15) is 4.98 Å². The summed E-state index contributed by atoms with van der Waals surface area (Å²) >= 11 is 0. The number of hydrogen-bond donors (Lipinski definition) is 1. The number of nitrogens with one attached hydrogen (secondary N) is 1. The van der Waals surface area contributed by atoms with Crippen LogP contribution in [0, 0.1) is 11.8 Å². The van der Waals surface area contributed by atoms with Crippen molar-refractivity contribution >= 4 is 17.5 Å². The van der Waals surface area contributed by atoms with E-state index in [1.54, 1.807) is 13.0 Å². The summed E-state index contributed by atoms with van der Waals surface area (Å²) in [6, 6.07) is 1.55. The van der Waals surface area contributed by atoms with Crippen LogP contribution in [0.5, 0.6) is 0 Å². The van der Waals surface area contributed by atoms with Crippen molar-refractivity contribution in [3.8, 4) is 0 Å². The van der Waals surface area contributed by atoms with Gasteiger partial charge in [0.05, 0.1) is 0 Å². The molecule has 0 unspecified atom stereocenters. The van der Waals surface area contributed by atoms with Crippen LogP contribution in [0.2, 0.25) is 0 Å². The van der Waals surface area contributed by atoms with E-state index < -0.39 is 18.0 Å². The fraction of sp³-hybridized carbons (Fsp3) is 0.600. The van der Waals surface area contributed by atoms with E-state index >= 15 is 0 Å². The molecule has 1 aromatic rings. The molecule has 1 saturated heterocycles. The van der Waals surface area contributed by atoms with Gasteiger partial charge >= 0.3 is 5.69 Å². The Morgan fingerprint density at radius 2 is 2.05 bits per heavy atom. The van der Waals surface area contributed by atoms with Gasteiger partial charge in [-0.25, -0.2) is 4.79 Å². The number of rotatable bonds is 4. The molecular weight excluding hydrogens is 286 g/mol. The monoisotopic (exact) mass is 307 g/mol. The number of aromatic nitrogens is 2. The van der Waals surface area contributed by atoms with Gasteiger partial charge in [-0.15, -0.1) is 0 Å². The van der Waals surface area contributed by atoms with Gasteiger partial charge in [0.15, 0.2) is 5.78 Å². The molecular formula is C15H21N3O4. The highest BCUT2D eigenvalue weighted by molar-refractivity contribution is 5.89. The van der Waals surface area contributed by atoms with Gasteiger partial charge in [0.1, 0.15) is 18.1 Å². The van der Waals surface area contributed by atoms with E-state index in [2.05, 4.69) is 10.3 Å². The third-order valence-electron chi connectivity index (χ3n) is 4.14. The molecule has 0 aromatic carbocycles. The summed E-state index contributed by atoms with van der Waals surface area (Å²) in [5, 5.41) is 2.54. The third-order valence-corrected chi connectivity index (χ3v) is 4.14. The highest BCUT2D eigenvalue weighted by Gasteiger charge is 2.42. The Balaban J connectivity index is 2.25. The number of carbonyl (C=O) groups is 2. The molecule has 0 saturated carbocycles. The first-order valence-corrected chi connectivity index (χ1v) is 7.40. The van der Waals surface area contributed by atoms with E-state index in [1.807, 2.05) is 13.8 Å². The molecule has 1 fully saturated rings. The van der Waals surface area contributed by atoms with Crippen molar-refractivity contribution in [2.75, 3.05) is 5.32 Å². The topological polar surface area (TPSA) is 90.3 Å². The second-order valence-corrected chi connectivity index (χ2v) is 5.68. The standard InChI is InChI=1S/C15H21N3O4/c1-5-12(20)16-11-6-7-18(15(21)17-11)14-9(3)8(2)13(22-14)10(4)19/h6-9,13-14H,5H2,1-4H3,(H,16,17,20,21)/t8-,9-,13-,14+/m0/s1. The summed E-state index contributed by atoms with van der Waals surface area (Å²) in [5.41, 5.74) is -0.512. The number of Topliss-reactive ketones (excluding diaryl/α,β-unsaturated/α-hetero) is 1. The molecule has 0 spiro atoms. The Morgan fingerprint density at radius 1 is 1.36 bits per heavy atom. The van der Waals surface area contributed by atoms with Crippen LogP contribution in [0.4, 0.5) is 5.82 Å². The maximum Gasteiger partial charge on any atom is 0.351 e. The molecule has 1 N–H and O–H groups in total. The lowest BCUT2D eigenvalue weighted by molar-refractivity contribution is -0.131. The fourth-order valence-electron chi connectivity index (χ4n) is 2.63. The summed E-state index contributed by atoms with van der Waals surface area (Å²) in [5.74, 6) is -0.0108. The van der Waals surface area contributed by atoms with E-state index in [0.717, 1.165) is 0 Å². The molecule has 1 aliphatic heterocycles. The molecule has 1 aliphatic rings. The zero-order chi connectivity index (χ0) is 16.4. The average molecular weight is 307 g/mol. The molecule has 1 aromatic heterocycles. The first-order valence-electron chi connectivity index (χ1n) is 7.40. The molecule has 0 bridgehead atoms. The van der Waals surface area contributed by atoms with Crippen LogP contribution >= 0.6 is 0 Å². The van der Waals surface area contributed by atoms with E-state index in [-0.39, 0.29) is 29.3 Å². The van der Waals surface area contributed by atoms with Gasteiger partial charge < -0.3 is 10.1 Å². The minimum atomic E-state index is -0.528. The maximum atomic E-state index is 12.2. The van der Waals surface area contributed by atoms with Crippen molar-refractivity contribution in [3.05, 3.63) is 22.7 Å². The highest BCUT2D eigenvalue weighted by Crippen LogP contribution is 2.38. The van der Waals surface area contributed by atoms with E-state index in [9.17, 15) is 14.4 Å². The molecule has 2 rings (SSSR count). The number of nitrogens with zero attached hydrogens (tertiary/aromatic N) is 2. The normalized spacial score (nSPS) is 27.6. The van der Waals surface area contributed by atoms with E-state index in [4.69, 9.17) is 4.74 Å². The highest BCUT2D eigenvalue weighted by atomic mass is 16.5. The quantitative estimate of drug-likeness (QED) is 0.906. The molecule has 7 nitrogen and oxygen atoms in total. The first-order chi connectivity index (χ1) is 10.3. The van der Waals surface area contributed by atoms with Crippen molar-refractivity contribution in [3.63, 3.8) is 0 Å². The van der Waals surface area contributed by atoms with Crippen LogP contribution in [-0.2, 0) is 14.3 Å². The Labute approximate surface area is 128 Å². The summed E-state index contributed by atoms with van der Waals surface area (Å²) in [6.07, 6.45) is 0.814. The van der Waals surface area contributed by atoms with Crippen molar-refractivity contribution in [2.24, 2.45) is 11.8 Å². The van der Waals surface area contributed by atoms with Crippen LogP contribution < -0.4 is 11.0 Å². The smallest absolute Gasteiger partial charge is 0.346 e. The molecule has 0 radical (unpaired) electrons. The van der Waals surface area contributed by atoms with Gasteiger partial charge in [-0.05, 0) is 18.9 Å². The van der Waals surface area contributed by atoms with Crippen molar-refractivity contribution in [2.45, 2.75) is 46.4 Å². The number of ketones is 1. The number of carbonyl (C=O) groups excluding carboxylic acids is 2. The lowest BCUT2D eigenvalue weighted by atomic mass is 9.91. The first kappa shape index (κ1) is 16.4. The summed E-state index contributed by atoms with van der Waals surface area (Å²) in [7, 11) is 0. The predicted octanol–water partition coefficient (Wildman–Crippen LogP) is 1.35. The molecule has 0 aliphatic carbocycles. The molecule has 120 valence electrons. The third kappa shape index (κ3) is 3.09. The van der Waals surface area contributed by atoms with Crippen LogP contribution in [0.15, 0.2) is 17.1 Å². The van der Waals surface area contributed by atoms with Gasteiger partial charge in [-0.1, -0.05) is 20.8 Å². The molecule has 22 heavy (non-hydrogen) atoms. The second-order valence-electron chi connectivity index (χ2n) is 5.68. The Bertz CT molecular complexity index is 640. The SMILES string of the molecule is CCC(=O)Nc1ccn([C@@H]2O[C@H](C(C)=O)[C@@H](C)[C@@H]2C)c(=O)n1. The van der Waals surface area contributed by atoms with Crippen molar-refractivity contribution < 1.29 is 14.3 Å². The van der Waals surface area contributed by atoms with Gasteiger partial charge in [-0.3, -0.25) is 14.2 Å². The van der Waals surface area contributed by atoms with E-state index in [0.29, 0.717) is 6.42 Å². The van der Waals surface area contributed by atoms with Gasteiger partial charge in [0.25, 0.3) is 0 Å². The number of amides is 1. The molecule has 2 heterocycles. The van der Waals surface area contributed by atoms with Crippen molar-refractivity contribution in [1.82, 2.24) is 9.55 Å². The maximum absolute atomic E-state index is 12.2. The zero-order valence-electron chi connectivity index (χ0n) is 13.2. The van der Waals surface area contributed by atoms with Crippen LogP contribution in [-0.4, -0.2) is 27.3 Å². The Hall–Kier alpha value is -2.02.